The standard InChI is InChI=1S/C14H16N2S/c1-4-16-11(3)13(9-15)14(17)12-7-5-10(2)6-8-12/h5-8,16H,4H2,1-3H3/b13-11-. The minimum atomic E-state index is 0.547. The summed E-state index contributed by atoms with van der Waals surface area (Å²) in [7, 11) is 0. The van der Waals surface area contributed by atoms with E-state index in [4.69, 9.17) is 12.2 Å². The number of thiocarbonyl (C=S) groups is 1. The number of allylic oxidation sites excluding steroid dienone is 2. The number of nitrogens with one attached hydrogen (secondary N) is 1. The number of nitriles is 1. The van der Waals surface area contributed by atoms with E-state index in [9.17, 15) is 5.26 Å². The Morgan fingerprint density at radius 3 is 2.41 bits per heavy atom. The van der Waals surface area contributed by atoms with Crippen LogP contribution in [-0.4, -0.2) is 11.4 Å². The number of aryl methyl sites for hydroxylation is 1. The molecule has 0 saturated heterocycles. The zero-order chi connectivity index (χ0) is 12.8. The van der Waals surface area contributed by atoms with Crippen LogP contribution in [0.25, 0.3) is 0 Å². The largest absolute Gasteiger partial charge is 0.388 e. The van der Waals surface area contributed by atoms with E-state index in [0.717, 1.165) is 17.8 Å². The van der Waals surface area contributed by atoms with Gasteiger partial charge in [-0.25, -0.2) is 0 Å². The highest BCUT2D eigenvalue weighted by Crippen LogP contribution is 2.13. The van der Waals surface area contributed by atoms with Crippen molar-refractivity contribution in [2.75, 3.05) is 6.54 Å². The summed E-state index contributed by atoms with van der Waals surface area (Å²) in [5.74, 6) is 0. The highest BCUT2D eigenvalue weighted by Gasteiger charge is 2.10. The van der Waals surface area contributed by atoms with Gasteiger partial charge in [-0.05, 0) is 26.3 Å². The molecule has 1 aromatic rings. The van der Waals surface area contributed by atoms with E-state index in [1.165, 1.54) is 5.56 Å². The molecule has 0 spiro atoms. The van der Waals surface area contributed by atoms with E-state index in [0.29, 0.717) is 10.4 Å². The molecule has 3 heteroatoms. The summed E-state index contributed by atoms with van der Waals surface area (Å²) in [5.41, 5.74) is 3.48. The molecule has 1 N–H and O–H groups in total. The van der Waals surface area contributed by atoms with E-state index in [1.54, 1.807) is 0 Å². The van der Waals surface area contributed by atoms with E-state index >= 15 is 0 Å². The number of benzene rings is 1. The van der Waals surface area contributed by atoms with Gasteiger partial charge in [0.25, 0.3) is 0 Å². The summed E-state index contributed by atoms with van der Waals surface area (Å²) in [6.45, 7) is 6.68. The second-order valence-corrected chi connectivity index (χ2v) is 4.25. The Bertz CT molecular complexity index is 478. The predicted molar refractivity (Wildman–Crippen MR) is 74.9 cm³/mol. The molecule has 0 bridgehead atoms. The maximum atomic E-state index is 9.17. The smallest absolute Gasteiger partial charge is 0.102 e. The summed E-state index contributed by atoms with van der Waals surface area (Å²) in [6, 6.07) is 10.1. The molecular formula is C14H16N2S. The number of nitrogens with zero attached hydrogens (tertiary/aromatic N) is 1. The van der Waals surface area contributed by atoms with Gasteiger partial charge in [0.05, 0.1) is 10.4 Å². The molecule has 0 heterocycles. The summed E-state index contributed by atoms with van der Waals surface area (Å²) in [6.07, 6.45) is 0. The average Bonchev–Trinajstić information content (AvgIpc) is 2.31. The minimum Gasteiger partial charge on any atom is -0.388 e. The highest BCUT2D eigenvalue weighted by atomic mass is 32.1. The molecular weight excluding hydrogens is 228 g/mol. The summed E-state index contributed by atoms with van der Waals surface area (Å²) >= 11 is 5.35. The molecule has 0 saturated carbocycles. The summed E-state index contributed by atoms with van der Waals surface area (Å²) in [5, 5.41) is 12.3. The van der Waals surface area contributed by atoms with Crippen LogP contribution in [0.1, 0.15) is 25.0 Å². The second-order valence-electron chi connectivity index (χ2n) is 3.84. The summed E-state index contributed by atoms with van der Waals surface area (Å²) < 4.78 is 0. The van der Waals surface area contributed by atoms with Gasteiger partial charge in [-0.15, -0.1) is 0 Å². The van der Waals surface area contributed by atoms with Crippen molar-refractivity contribution in [2.45, 2.75) is 20.8 Å². The topological polar surface area (TPSA) is 35.8 Å². The molecule has 0 aromatic heterocycles. The number of rotatable bonds is 4. The lowest BCUT2D eigenvalue weighted by Crippen LogP contribution is -2.15. The predicted octanol–water partition coefficient (Wildman–Crippen LogP) is 3.12. The summed E-state index contributed by atoms with van der Waals surface area (Å²) in [4.78, 5) is 0.603. The van der Waals surface area contributed by atoms with Crippen LogP contribution in [-0.2, 0) is 0 Å². The average molecular weight is 244 g/mol. The van der Waals surface area contributed by atoms with Gasteiger partial charge >= 0.3 is 0 Å². The normalized spacial score (nSPS) is 11.4. The molecule has 0 aliphatic heterocycles. The fraction of sp³-hybridized carbons (Fsp3) is 0.286. The molecule has 1 rings (SSSR count). The Kier molecular flexibility index (Phi) is 4.86. The number of hydrogen-bond donors (Lipinski definition) is 1. The lowest BCUT2D eigenvalue weighted by molar-refractivity contribution is 0.851. The van der Waals surface area contributed by atoms with E-state index in [2.05, 4.69) is 11.4 Å². The van der Waals surface area contributed by atoms with Crippen LogP contribution >= 0.6 is 12.2 Å². The van der Waals surface area contributed by atoms with Crippen molar-refractivity contribution >= 4 is 17.1 Å². The molecule has 1 aromatic carbocycles. The lowest BCUT2D eigenvalue weighted by Gasteiger charge is -2.08. The van der Waals surface area contributed by atoms with Crippen molar-refractivity contribution < 1.29 is 0 Å². The van der Waals surface area contributed by atoms with Gasteiger partial charge in [0.1, 0.15) is 6.07 Å². The second kappa shape index (κ2) is 6.17. The van der Waals surface area contributed by atoms with Crippen LogP contribution in [0.2, 0.25) is 0 Å². The fourth-order valence-corrected chi connectivity index (χ4v) is 1.84. The zero-order valence-electron chi connectivity index (χ0n) is 10.4. The maximum absolute atomic E-state index is 9.17. The van der Waals surface area contributed by atoms with Crippen LogP contribution < -0.4 is 5.32 Å². The quantitative estimate of drug-likeness (QED) is 0.382. The molecule has 0 aliphatic rings. The Morgan fingerprint density at radius 2 is 1.94 bits per heavy atom. The first kappa shape index (κ1) is 13.4. The SMILES string of the molecule is CCN/C(C)=C(/C#N)C(=S)c1ccc(C)cc1. The van der Waals surface area contributed by atoms with Crippen molar-refractivity contribution in [3.8, 4) is 6.07 Å². The molecule has 0 unspecified atom stereocenters. The lowest BCUT2D eigenvalue weighted by atomic mass is 10.0. The van der Waals surface area contributed by atoms with Gasteiger partial charge < -0.3 is 5.32 Å². The van der Waals surface area contributed by atoms with Crippen molar-refractivity contribution in [1.82, 2.24) is 5.32 Å². The molecule has 0 amide bonds. The molecule has 17 heavy (non-hydrogen) atoms. The van der Waals surface area contributed by atoms with Gasteiger partial charge in [-0.1, -0.05) is 42.0 Å². The minimum absolute atomic E-state index is 0.547. The van der Waals surface area contributed by atoms with Gasteiger partial charge in [-0.3, -0.25) is 0 Å². The third kappa shape index (κ3) is 3.40. The van der Waals surface area contributed by atoms with Crippen molar-refractivity contribution in [1.29, 1.82) is 5.26 Å². The highest BCUT2D eigenvalue weighted by molar-refractivity contribution is 7.81. The van der Waals surface area contributed by atoms with E-state index in [-0.39, 0.29) is 0 Å². The van der Waals surface area contributed by atoms with Crippen molar-refractivity contribution in [2.24, 2.45) is 0 Å². The Balaban J connectivity index is 3.07. The van der Waals surface area contributed by atoms with Crippen LogP contribution in [0.15, 0.2) is 35.5 Å². The molecule has 0 radical (unpaired) electrons. The zero-order valence-corrected chi connectivity index (χ0v) is 11.2. The maximum Gasteiger partial charge on any atom is 0.102 e. The van der Waals surface area contributed by atoms with Gasteiger partial charge in [0, 0.05) is 12.2 Å². The first-order valence-electron chi connectivity index (χ1n) is 5.56. The van der Waals surface area contributed by atoms with Crippen LogP contribution in [0.5, 0.6) is 0 Å². The first-order chi connectivity index (χ1) is 8.10. The van der Waals surface area contributed by atoms with Crippen molar-refractivity contribution in [3.63, 3.8) is 0 Å². The molecule has 0 atom stereocenters. The molecule has 0 aliphatic carbocycles. The van der Waals surface area contributed by atoms with E-state index in [1.807, 2.05) is 45.0 Å². The Labute approximate surface area is 108 Å². The molecule has 88 valence electrons. The van der Waals surface area contributed by atoms with Crippen LogP contribution in [0.4, 0.5) is 0 Å². The van der Waals surface area contributed by atoms with Crippen LogP contribution in [0.3, 0.4) is 0 Å². The number of hydrogen-bond acceptors (Lipinski definition) is 3. The van der Waals surface area contributed by atoms with Gasteiger partial charge in [0.2, 0.25) is 0 Å². The first-order valence-corrected chi connectivity index (χ1v) is 5.97. The van der Waals surface area contributed by atoms with Crippen molar-refractivity contribution in [3.05, 3.63) is 46.7 Å². The Hall–Kier alpha value is -1.66. The Morgan fingerprint density at radius 1 is 1.35 bits per heavy atom. The molecule has 0 fully saturated rings. The third-order valence-electron chi connectivity index (χ3n) is 2.47. The third-order valence-corrected chi connectivity index (χ3v) is 2.91. The fourth-order valence-electron chi connectivity index (χ4n) is 1.51. The monoisotopic (exact) mass is 244 g/mol. The molecule has 2 nitrogen and oxygen atoms in total. The van der Waals surface area contributed by atoms with Crippen LogP contribution in [0, 0.1) is 18.3 Å². The van der Waals surface area contributed by atoms with Gasteiger partial charge in [0.15, 0.2) is 0 Å². The van der Waals surface area contributed by atoms with Gasteiger partial charge in [-0.2, -0.15) is 5.26 Å². The van der Waals surface area contributed by atoms with E-state index < -0.39 is 0 Å².